The van der Waals surface area contributed by atoms with Gasteiger partial charge in [0.25, 0.3) is 11.6 Å². The van der Waals surface area contributed by atoms with Gasteiger partial charge in [-0.15, -0.1) is 0 Å². The highest BCUT2D eigenvalue weighted by atomic mass is 79.9. The number of hydrogen-bond acceptors (Lipinski definition) is 2. The van der Waals surface area contributed by atoms with Crippen LogP contribution in [0.1, 0.15) is 36.8 Å². The molecule has 0 radical (unpaired) electrons. The van der Waals surface area contributed by atoms with E-state index in [1.165, 1.54) is 12.1 Å². The zero-order valence-corrected chi connectivity index (χ0v) is 16.8. The van der Waals surface area contributed by atoms with Gasteiger partial charge in [0, 0.05) is 16.5 Å². The monoisotopic (exact) mass is 453 g/mol. The highest BCUT2D eigenvalue weighted by Crippen LogP contribution is 2.38. The minimum atomic E-state index is -4.40. The Bertz CT molecular complexity index is 911. The summed E-state index contributed by atoms with van der Waals surface area (Å²) < 4.78 is 42.5. The molecule has 0 amide bonds. The standard InChI is InChI=1S/C21H21BrF3N2O/c22-17-10-8-15(9-11-17)20(28)14-26(19-7-2-1-3-12-27(19)20)18-6-4-5-16(13-18)21(23,24)25/h4-6,8-11,13,28H,1-3,7,12,14H2/q+1/t20-/m1/s1. The number of anilines is 1. The van der Waals surface area contributed by atoms with E-state index in [-0.39, 0.29) is 6.54 Å². The molecular formula is C21H21BrF3N2O+. The van der Waals surface area contributed by atoms with Gasteiger partial charge < -0.3 is 5.11 Å². The van der Waals surface area contributed by atoms with Gasteiger partial charge in [-0.05, 0) is 49.6 Å². The predicted molar refractivity (Wildman–Crippen MR) is 105 cm³/mol. The molecule has 2 aromatic carbocycles. The second-order valence-corrected chi connectivity index (χ2v) is 8.25. The molecule has 0 fully saturated rings. The van der Waals surface area contributed by atoms with Crippen molar-refractivity contribution in [3.8, 4) is 0 Å². The van der Waals surface area contributed by atoms with E-state index in [1.807, 2.05) is 33.7 Å². The van der Waals surface area contributed by atoms with Gasteiger partial charge in [0.15, 0.2) is 6.54 Å². The van der Waals surface area contributed by atoms with Crippen molar-refractivity contribution >= 4 is 27.5 Å². The van der Waals surface area contributed by atoms with Crippen molar-refractivity contribution in [2.45, 2.75) is 37.6 Å². The van der Waals surface area contributed by atoms with Crippen LogP contribution in [0.25, 0.3) is 0 Å². The van der Waals surface area contributed by atoms with Crippen LogP contribution in [0, 0.1) is 0 Å². The largest absolute Gasteiger partial charge is 0.416 e. The van der Waals surface area contributed by atoms with Gasteiger partial charge >= 0.3 is 6.18 Å². The summed E-state index contributed by atoms with van der Waals surface area (Å²) in [7, 11) is 0. The molecule has 0 unspecified atom stereocenters. The fourth-order valence-electron chi connectivity index (χ4n) is 4.12. The molecule has 4 rings (SSSR count). The molecule has 0 aliphatic carbocycles. The van der Waals surface area contributed by atoms with Crippen LogP contribution in [0.15, 0.2) is 53.0 Å². The Morgan fingerprint density at radius 1 is 1.04 bits per heavy atom. The Balaban J connectivity index is 1.80. The highest BCUT2D eigenvalue weighted by molar-refractivity contribution is 9.10. The van der Waals surface area contributed by atoms with Gasteiger partial charge in [-0.2, -0.15) is 13.2 Å². The fourth-order valence-corrected chi connectivity index (χ4v) is 4.39. The van der Waals surface area contributed by atoms with Crippen molar-refractivity contribution in [1.82, 2.24) is 0 Å². The minimum absolute atomic E-state index is 0.200. The maximum atomic E-state index is 13.2. The third kappa shape index (κ3) is 3.46. The van der Waals surface area contributed by atoms with E-state index < -0.39 is 17.5 Å². The lowest BCUT2D eigenvalue weighted by atomic mass is 10.0. The first kappa shape index (κ1) is 19.5. The van der Waals surface area contributed by atoms with E-state index >= 15 is 0 Å². The molecule has 0 saturated carbocycles. The van der Waals surface area contributed by atoms with E-state index in [0.717, 1.165) is 47.6 Å². The number of halogens is 4. The van der Waals surface area contributed by atoms with E-state index in [9.17, 15) is 18.3 Å². The molecule has 148 valence electrons. The lowest BCUT2D eigenvalue weighted by molar-refractivity contribution is -0.658. The molecule has 0 spiro atoms. The summed E-state index contributed by atoms with van der Waals surface area (Å²) in [5.41, 5.74) is -0.742. The molecule has 2 aliphatic rings. The molecular weight excluding hydrogens is 433 g/mol. The highest BCUT2D eigenvalue weighted by Gasteiger charge is 2.52. The molecule has 2 aliphatic heterocycles. The number of β-amino-alcohol motifs (C(OH)–C–C–N with tert-alkyl or cyclic N) is 1. The van der Waals surface area contributed by atoms with Crippen molar-refractivity contribution in [1.29, 1.82) is 0 Å². The molecule has 7 heteroatoms. The summed E-state index contributed by atoms with van der Waals surface area (Å²) >= 11 is 3.41. The first-order chi connectivity index (χ1) is 13.3. The number of amidine groups is 1. The van der Waals surface area contributed by atoms with Gasteiger partial charge in [0.05, 0.1) is 12.1 Å². The van der Waals surface area contributed by atoms with Crippen molar-refractivity contribution in [3.05, 3.63) is 64.1 Å². The molecule has 1 N–H and O–H groups in total. The first-order valence-corrected chi connectivity index (χ1v) is 10.1. The number of hydrogen-bond donors (Lipinski definition) is 1. The van der Waals surface area contributed by atoms with Crippen molar-refractivity contribution in [2.24, 2.45) is 0 Å². The third-order valence-corrected chi connectivity index (χ3v) is 6.05. The van der Waals surface area contributed by atoms with Crippen LogP contribution < -0.4 is 4.90 Å². The average Bonchev–Trinajstić information content (AvgIpc) is 2.82. The average molecular weight is 454 g/mol. The van der Waals surface area contributed by atoms with E-state index in [0.29, 0.717) is 12.2 Å². The zero-order valence-electron chi connectivity index (χ0n) is 15.2. The fraction of sp³-hybridized carbons (Fsp3) is 0.381. The maximum Gasteiger partial charge on any atom is 0.416 e. The second-order valence-electron chi connectivity index (χ2n) is 7.34. The Kier molecular flexibility index (Phi) is 5.00. The van der Waals surface area contributed by atoms with Crippen LogP contribution in [0.3, 0.4) is 0 Å². The van der Waals surface area contributed by atoms with Gasteiger partial charge in [0.2, 0.25) is 0 Å². The summed E-state index contributed by atoms with van der Waals surface area (Å²) in [4.78, 5) is 1.85. The SMILES string of the molecule is O[C@@]1(c2ccc(Br)cc2)CN(c2cccc(C(F)(F)F)c2)C2=[N+]1CCCCC2. The van der Waals surface area contributed by atoms with Gasteiger partial charge in [0.1, 0.15) is 5.69 Å². The zero-order chi connectivity index (χ0) is 19.9. The van der Waals surface area contributed by atoms with Gasteiger partial charge in [-0.3, -0.25) is 0 Å². The molecule has 2 heterocycles. The minimum Gasteiger partial charge on any atom is -0.346 e. The lowest BCUT2D eigenvalue weighted by Crippen LogP contribution is -2.41. The van der Waals surface area contributed by atoms with Crippen LogP contribution in [0.2, 0.25) is 0 Å². The van der Waals surface area contributed by atoms with Crippen molar-refractivity contribution < 1.29 is 22.9 Å². The molecule has 0 aromatic heterocycles. The molecule has 0 saturated heterocycles. The lowest BCUT2D eigenvalue weighted by Gasteiger charge is -2.23. The quantitative estimate of drug-likeness (QED) is 0.638. The number of alkyl halides is 3. The molecule has 28 heavy (non-hydrogen) atoms. The van der Waals surface area contributed by atoms with E-state index in [1.54, 1.807) is 6.07 Å². The van der Waals surface area contributed by atoms with Gasteiger partial charge in [-0.1, -0.05) is 34.1 Å². The maximum absolute atomic E-state index is 13.2. The van der Waals surface area contributed by atoms with Gasteiger partial charge in [-0.25, -0.2) is 9.48 Å². The third-order valence-electron chi connectivity index (χ3n) is 5.52. The molecule has 0 bridgehead atoms. The summed E-state index contributed by atoms with van der Waals surface area (Å²) in [6, 6.07) is 12.8. The Morgan fingerprint density at radius 2 is 1.79 bits per heavy atom. The summed E-state index contributed by atoms with van der Waals surface area (Å²) in [6.07, 6.45) is -0.732. The molecule has 1 atom stereocenters. The van der Waals surface area contributed by atoms with Crippen molar-refractivity contribution in [2.75, 3.05) is 18.0 Å². The van der Waals surface area contributed by atoms with Crippen LogP contribution in [-0.4, -0.2) is 28.6 Å². The Morgan fingerprint density at radius 3 is 2.50 bits per heavy atom. The van der Waals surface area contributed by atoms with E-state index in [4.69, 9.17) is 0 Å². The number of rotatable bonds is 2. The predicted octanol–water partition coefficient (Wildman–Crippen LogP) is 5.12. The Labute approximate surface area is 170 Å². The number of nitrogens with zero attached hydrogens (tertiary/aromatic N) is 2. The number of aliphatic hydroxyl groups is 1. The first-order valence-electron chi connectivity index (χ1n) is 9.36. The van der Waals surface area contributed by atoms with Crippen molar-refractivity contribution in [3.63, 3.8) is 0 Å². The summed E-state index contributed by atoms with van der Waals surface area (Å²) in [5, 5.41) is 11.7. The smallest absolute Gasteiger partial charge is 0.346 e. The molecule has 3 nitrogen and oxygen atoms in total. The Hall–Kier alpha value is -1.86. The normalized spacial score (nSPS) is 23.0. The van der Waals surface area contributed by atoms with Crippen LogP contribution in [-0.2, 0) is 11.9 Å². The summed E-state index contributed by atoms with van der Waals surface area (Å²) in [6.45, 7) is 0.878. The number of benzene rings is 2. The second kappa shape index (κ2) is 7.19. The van der Waals surface area contributed by atoms with Crippen LogP contribution in [0.4, 0.5) is 18.9 Å². The van der Waals surface area contributed by atoms with Crippen LogP contribution in [0.5, 0.6) is 0 Å². The van der Waals surface area contributed by atoms with Crippen LogP contribution >= 0.6 is 15.9 Å². The summed E-state index contributed by atoms with van der Waals surface area (Å²) in [5.74, 6) is 0.891. The molecule has 2 aromatic rings. The van der Waals surface area contributed by atoms with E-state index in [2.05, 4.69) is 15.9 Å². The topological polar surface area (TPSA) is 26.5 Å².